The van der Waals surface area contributed by atoms with Gasteiger partial charge < -0.3 is 5.32 Å². The molecular weight excluding hydrogens is 396 g/mol. The van der Waals surface area contributed by atoms with Crippen molar-refractivity contribution in [3.05, 3.63) is 63.7 Å². The number of nitro groups is 1. The van der Waals surface area contributed by atoms with Crippen molar-refractivity contribution in [1.29, 1.82) is 0 Å². The third kappa shape index (κ3) is 4.60. The number of hydrogen-bond donors (Lipinski definition) is 1. The molecule has 1 amide bonds. The predicted octanol–water partition coefficient (Wildman–Crippen LogP) is 2.97. The second-order valence-electron chi connectivity index (χ2n) is 6.08. The maximum absolute atomic E-state index is 13.8. The topological polar surface area (TPSA) is 110 Å². The van der Waals surface area contributed by atoms with E-state index in [0.29, 0.717) is 15.9 Å². The largest absolute Gasteiger partial charge is 0.322 e. The number of amides is 1. The van der Waals surface area contributed by atoms with Gasteiger partial charge in [-0.05, 0) is 31.5 Å². The van der Waals surface area contributed by atoms with Crippen LogP contribution in [0, 0.1) is 28.7 Å². The van der Waals surface area contributed by atoms with Crippen LogP contribution in [-0.2, 0) is 14.8 Å². The molecule has 2 aromatic carbocycles. The lowest BCUT2D eigenvalue weighted by atomic mass is 10.1. The summed E-state index contributed by atoms with van der Waals surface area (Å²) in [5.41, 5.74) is -0.364. The fourth-order valence-corrected chi connectivity index (χ4v) is 3.78. The Morgan fingerprint density at radius 1 is 1.21 bits per heavy atom. The molecule has 1 unspecified atom stereocenters. The van der Waals surface area contributed by atoms with Crippen molar-refractivity contribution >= 4 is 33.0 Å². The van der Waals surface area contributed by atoms with Gasteiger partial charge in [0, 0.05) is 18.2 Å². The Labute approximate surface area is 160 Å². The average molecular weight is 413 g/mol. The summed E-state index contributed by atoms with van der Waals surface area (Å²) in [6, 6.07) is 4.73. The molecule has 1 N–H and O–H groups in total. The summed E-state index contributed by atoms with van der Waals surface area (Å²) in [5.74, 6) is -2.77. The SMILES string of the molecule is Cc1ccc([N+](=O)[O-])cc1N(C(C)C(=O)Nc1ccc(F)cc1F)S(C)(=O)=O. The van der Waals surface area contributed by atoms with Crippen molar-refractivity contribution in [3.63, 3.8) is 0 Å². The Kier molecular flexibility index (Phi) is 5.98. The molecule has 0 fully saturated rings. The van der Waals surface area contributed by atoms with Crippen LogP contribution >= 0.6 is 0 Å². The van der Waals surface area contributed by atoms with Crippen molar-refractivity contribution in [3.8, 4) is 0 Å². The molecule has 0 aliphatic carbocycles. The highest BCUT2D eigenvalue weighted by Crippen LogP contribution is 2.29. The molecule has 0 bridgehead atoms. The molecule has 1 atom stereocenters. The number of sulfonamides is 1. The zero-order chi connectivity index (χ0) is 21.2. The van der Waals surface area contributed by atoms with E-state index in [1.807, 2.05) is 0 Å². The first-order valence-corrected chi connectivity index (χ1v) is 9.77. The fourth-order valence-electron chi connectivity index (χ4n) is 2.56. The Morgan fingerprint density at radius 3 is 2.39 bits per heavy atom. The molecule has 0 radical (unpaired) electrons. The zero-order valence-corrected chi connectivity index (χ0v) is 16.0. The summed E-state index contributed by atoms with van der Waals surface area (Å²) in [4.78, 5) is 22.9. The van der Waals surface area contributed by atoms with Crippen LogP contribution in [0.5, 0.6) is 0 Å². The lowest BCUT2D eigenvalue weighted by Gasteiger charge is -2.29. The van der Waals surface area contributed by atoms with Crippen LogP contribution in [0.25, 0.3) is 0 Å². The number of benzene rings is 2. The first-order valence-electron chi connectivity index (χ1n) is 7.92. The summed E-state index contributed by atoms with van der Waals surface area (Å²) in [6.45, 7) is 2.78. The third-order valence-electron chi connectivity index (χ3n) is 3.92. The number of aryl methyl sites for hydroxylation is 1. The van der Waals surface area contributed by atoms with E-state index in [1.54, 1.807) is 0 Å². The quantitative estimate of drug-likeness (QED) is 0.578. The Morgan fingerprint density at radius 2 is 1.86 bits per heavy atom. The number of carbonyl (C=O) groups excluding carboxylic acids is 1. The lowest BCUT2D eigenvalue weighted by molar-refractivity contribution is -0.384. The van der Waals surface area contributed by atoms with Gasteiger partial charge in [0.1, 0.15) is 17.7 Å². The van der Waals surface area contributed by atoms with Crippen LogP contribution in [0.4, 0.5) is 25.8 Å². The molecule has 0 saturated heterocycles. The smallest absolute Gasteiger partial charge is 0.271 e. The monoisotopic (exact) mass is 413 g/mol. The number of nitrogens with one attached hydrogen (secondary N) is 1. The Hall–Kier alpha value is -3.08. The van der Waals surface area contributed by atoms with Crippen LogP contribution in [-0.4, -0.2) is 31.5 Å². The van der Waals surface area contributed by atoms with E-state index in [1.165, 1.54) is 26.0 Å². The molecular formula is C17H17F2N3O5S. The summed E-state index contributed by atoms with van der Waals surface area (Å²) >= 11 is 0. The van der Waals surface area contributed by atoms with E-state index in [2.05, 4.69) is 5.32 Å². The normalized spacial score (nSPS) is 12.3. The van der Waals surface area contributed by atoms with Crippen molar-refractivity contribution in [2.75, 3.05) is 15.9 Å². The maximum Gasteiger partial charge on any atom is 0.271 e. The second-order valence-corrected chi connectivity index (χ2v) is 7.94. The van der Waals surface area contributed by atoms with E-state index < -0.39 is 38.5 Å². The minimum absolute atomic E-state index is 0.0565. The van der Waals surface area contributed by atoms with Gasteiger partial charge in [-0.3, -0.25) is 19.2 Å². The predicted molar refractivity (Wildman–Crippen MR) is 99.6 cm³/mol. The maximum atomic E-state index is 13.8. The Bertz CT molecular complexity index is 1040. The van der Waals surface area contributed by atoms with Crippen LogP contribution in [0.2, 0.25) is 0 Å². The van der Waals surface area contributed by atoms with Gasteiger partial charge in [-0.15, -0.1) is 0 Å². The number of nitro benzene ring substituents is 1. The van der Waals surface area contributed by atoms with Gasteiger partial charge in [0.2, 0.25) is 15.9 Å². The molecule has 0 spiro atoms. The summed E-state index contributed by atoms with van der Waals surface area (Å²) in [7, 11) is -4.04. The van der Waals surface area contributed by atoms with Gasteiger partial charge in [0.25, 0.3) is 5.69 Å². The van der Waals surface area contributed by atoms with Gasteiger partial charge in [-0.1, -0.05) is 6.07 Å². The van der Waals surface area contributed by atoms with Crippen molar-refractivity contribution in [1.82, 2.24) is 0 Å². The van der Waals surface area contributed by atoms with E-state index in [-0.39, 0.29) is 17.1 Å². The molecule has 0 heterocycles. The minimum atomic E-state index is -4.04. The zero-order valence-electron chi connectivity index (χ0n) is 15.1. The van der Waals surface area contributed by atoms with Gasteiger partial charge in [-0.25, -0.2) is 17.2 Å². The van der Waals surface area contributed by atoms with Crippen molar-refractivity contribution in [2.24, 2.45) is 0 Å². The average Bonchev–Trinajstić information content (AvgIpc) is 2.57. The Balaban J connectivity index is 2.45. The second kappa shape index (κ2) is 7.89. The molecule has 8 nitrogen and oxygen atoms in total. The first-order chi connectivity index (χ1) is 12.9. The van der Waals surface area contributed by atoms with E-state index in [4.69, 9.17) is 0 Å². The summed E-state index contributed by atoms with van der Waals surface area (Å²) in [6.07, 6.45) is 0.841. The van der Waals surface area contributed by atoms with Gasteiger partial charge in [0.15, 0.2) is 0 Å². The molecule has 0 aliphatic rings. The lowest BCUT2D eigenvalue weighted by Crippen LogP contribution is -2.45. The van der Waals surface area contributed by atoms with Gasteiger partial charge >= 0.3 is 0 Å². The molecule has 28 heavy (non-hydrogen) atoms. The highest BCUT2D eigenvalue weighted by molar-refractivity contribution is 7.92. The molecule has 0 aromatic heterocycles. The molecule has 0 aliphatic heterocycles. The number of anilines is 2. The van der Waals surface area contributed by atoms with Gasteiger partial charge in [0.05, 0.1) is 22.6 Å². The van der Waals surface area contributed by atoms with Crippen LogP contribution < -0.4 is 9.62 Å². The summed E-state index contributed by atoms with van der Waals surface area (Å²) in [5, 5.41) is 13.2. The number of hydrogen-bond acceptors (Lipinski definition) is 5. The van der Waals surface area contributed by atoms with Crippen molar-refractivity contribution < 1.29 is 26.9 Å². The molecule has 150 valence electrons. The number of halogens is 2. The molecule has 2 aromatic rings. The first kappa shape index (κ1) is 21.2. The minimum Gasteiger partial charge on any atom is -0.322 e. The highest BCUT2D eigenvalue weighted by atomic mass is 32.2. The van der Waals surface area contributed by atoms with Crippen LogP contribution in [0.3, 0.4) is 0 Å². The molecule has 0 saturated carbocycles. The fraction of sp³-hybridized carbons (Fsp3) is 0.235. The van der Waals surface area contributed by atoms with Crippen LogP contribution in [0.1, 0.15) is 12.5 Å². The number of carbonyl (C=O) groups is 1. The van der Waals surface area contributed by atoms with Crippen molar-refractivity contribution in [2.45, 2.75) is 19.9 Å². The number of rotatable bonds is 6. The number of non-ortho nitro benzene ring substituents is 1. The highest BCUT2D eigenvalue weighted by Gasteiger charge is 2.31. The summed E-state index contributed by atoms with van der Waals surface area (Å²) < 4.78 is 52.1. The standard InChI is InChI=1S/C17H17F2N3O5S/c1-10-4-6-13(22(24)25)9-16(10)21(28(3,26)27)11(2)17(23)20-15-7-5-12(18)8-14(15)19/h4-9,11H,1-3H3,(H,20,23). The van der Waals surface area contributed by atoms with E-state index in [0.717, 1.165) is 24.5 Å². The van der Waals surface area contributed by atoms with Crippen LogP contribution in [0.15, 0.2) is 36.4 Å². The third-order valence-corrected chi connectivity index (χ3v) is 5.15. The van der Waals surface area contributed by atoms with E-state index in [9.17, 15) is 32.1 Å². The number of nitrogens with zero attached hydrogens (tertiary/aromatic N) is 2. The molecule has 11 heteroatoms. The van der Waals surface area contributed by atoms with E-state index >= 15 is 0 Å². The molecule has 2 rings (SSSR count). The van der Waals surface area contributed by atoms with Gasteiger partial charge in [-0.2, -0.15) is 0 Å².